The zero-order valence-corrected chi connectivity index (χ0v) is 5.67. The molecule has 0 saturated carbocycles. The van der Waals surface area contributed by atoms with E-state index in [0.717, 1.165) is 5.69 Å². The Kier molecular flexibility index (Phi) is 1.17. The van der Waals surface area contributed by atoms with Crippen molar-refractivity contribution < 1.29 is 0 Å². The first-order valence-electron chi connectivity index (χ1n) is 2.61. The molecule has 0 aliphatic carbocycles. The van der Waals surface area contributed by atoms with Gasteiger partial charge in [0.2, 0.25) is 5.82 Å². The van der Waals surface area contributed by atoms with E-state index in [1.54, 1.807) is 0 Å². The van der Waals surface area contributed by atoms with Gasteiger partial charge in [0.25, 0.3) is 0 Å². The first-order valence-corrected chi connectivity index (χ1v) is 3.44. The van der Waals surface area contributed by atoms with E-state index in [4.69, 9.17) is 0 Å². The summed E-state index contributed by atoms with van der Waals surface area (Å²) in [6, 6.07) is 1.84. The minimum atomic E-state index is 0.543. The van der Waals surface area contributed by atoms with Crippen LogP contribution < -0.4 is 0 Å². The molecule has 5 nitrogen and oxygen atoms in total. The number of rotatable bonds is 1. The Labute approximate surface area is 60.3 Å². The molecule has 1 N–H and O–H groups in total. The number of aromatic nitrogens is 5. The monoisotopic (exact) mass is 153 g/mol. The average molecular weight is 153 g/mol. The maximum Gasteiger partial charge on any atom is 0.224 e. The van der Waals surface area contributed by atoms with Crippen LogP contribution in [0.2, 0.25) is 0 Å². The number of nitrogens with one attached hydrogen (secondary N) is 1. The molecule has 2 heterocycles. The molecule has 0 aromatic carbocycles. The lowest BCUT2D eigenvalue weighted by molar-refractivity contribution is 0.881. The predicted octanol–water partition coefficient (Wildman–Crippen LogP) is 0.323. The van der Waals surface area contributed by atoms with Crippen LogP contribution in [-0.4, -0.2) is 25.0 Å². The van der Waals surface area contributed by atoms with E-state index in [0.29, 0.717) is 5.82 Å². The van der Waals surface area contributed by atoms with Gasteiger partial charge in [-0.05, 0) is 22.8 Å². The lowest BCUT2D eigenvalue weighted by Gasteiger charge is -1.78. The van der Waals surface area contributed by atoms with Gasteiger partial charge in [0.15, 0.2) is 0 Å². The van der Waals surface area contributed by atoms with Crippen LogP contribution in [0.1, 0.15) is 0 Å². The smallest absolute Gasteiger partial charge is 0.189 e. The molecule has 0 saturated heterocycles. The molecule has 6 heteroatoms. The summed E-state index contributed by atoms with van der Waals surface area (Å²) in [5, 5.41) is 15.1. The van der Waals surface area contributed by atoms with Gasteiger partial charge in [0.1, 0.15) is 5.69 Å². The van der Waals surface area contributed by atoms with Gasteiger partial charge in [0, 0.05) is 5.38 Å². The summed E-state index contributed by atoms with van der Waals surface area (Å²) in [6.07, 6.45) is 0. The van der Waals surface area contributed by atoms with Crippen molar-refractivity contribution in [2.75, 3.05) is 0 Å². The van der Waals surface area contributed by atoms with Crippen LogP contribution in [0.15, 0.2) is 11.4 Å². The number of tetrazole rings is 1. The van der Waals surface area contributed by atoms with Crippen LogP contribution in [0, 0.1) is 0 Å². The highest BCUT2D eigenvalue weighted by atomic mass is 32.1. The Morgan fingerprint density at radius 1 is 1.50 bits per heavy atom. The van der Waals surface area contributed by atoms with Gasteiger partial charge in [-0.1, -0.05) is 0 Å². The van der Waals surface area contributed by atoms with Crippen molar-refractivity contribution in [3.05, 3.63) is 11.4 Å². The second kappa shape index (κ2) is 2.14. The predicted molar refractivity (Wildman–Crippen MR) is 35.3 cm³/mol. The summed E-state index contributed by atoms with van der Waals surface area (Å²) < 4.78 is 4.02. The fourth-order valence-corrected chi connectivity index (χ4v) is 1.10. The van der Waals surface area contributed by atoms with E-state index >= 15 is 0 Å². The Balaban J connectivity index is 2.48. The summed E-state index contributed by atoms with van der Waals surface area (Å²) in [6.45, 7) is 0. The Bertz CT molecular complexity index is 253. The molecule has 10 heavy (non-hydrogen) atoms. The Morgan fingerprint density at radius 2 is 2.50 bits per heavy atom. The summed E-state index contributed by atoms with van der Waals surface area (Å²) in [5.74, 6) is 0.543. The molecule has 2 aromatic rings. The van der Waals surface area contributed by atoms with Crippen LogP contribution in [-0.2, 0) is 0 Å². The second-order valence-corrected chi connectivity index (χ2v) is 2.29. The largest absolute Gasteiger partial charge is 0.224 e. The van der Waals surface area contributed by atoms with Crippen LogP contribution in [0.25, 0.3) is 11.5 Å². The number of hydrogen-bond donors (Lipinski definition) is 1. The quantitative estimate of drug-likeness (QED) is 0.640. The third-order valence-corrected chi connectivity index (χ3v) is 1.57. The van der Waals surface area contributed by atoms with Crippen molar-refractivity contribution in [2.24, 2.45) is 0 Å². The first kappa shape index (κ1) is 5.48. The molecule has 0 radical (unpaired) electrons. The Morgan fingerprint density at radius 3 is 3.10 bits per heavy atom. The average Bonchev–Trinajstić information content (AvgIpc) is 2.59. The van der Waals surface area contributed by atoms with Crippen LogP contribution in [0.4, 0.5) is 0 Å². The second-order valence-electron chi connectivity index (χ2n) is 1.62. The van der Waals surface area contributed by atoms with E-state index in [1.807, 2.05) is 11.4 Å². The van der Waals surface area contributed by atoms with Gasteiger partial charge < -0.3 is 0 Å². The highest BCUT2D eigenvalue weighted by Gasteiger charge is 2.02. The molecule has 50 valence electrons. The third kappa shape index (κ3) is 0.781. The minimum Gasteiger partial charge on any atom is -0.189 e. The van der Waals surface area contributed by atoms with Crippen LogP contribution >= 0.6 is 11.5 Å². The summed E-state index contributed by atoms with van der Waals surface area (Å²) >= 11 is 1.37. The number of H-pyrrole nitrogens is 1. The molecular weight excluding hydrogens is 150 g/mol. The highest BCUT2D eigenvalue weighted by molar-refractivity contribution is 7.03. The van der Waals surface area contributed by atoms with Crippen molar-refractivity contribution in [2.45, 2.75) is 0 Å². The zero-order chi connectivity index (χ0) is 6.81. The summed E-state index contributed by atoms with van der Waals surface area (Å²) in [7, 11) is 0. The van der Waals surface area contributed by atoms with Gasteiger partial charge in [0.05, 0.1) is 0 Å². The first-order chi connectivity index (χ1) is 4.97. The van der Waals surface area contributed by atoms with Crippen molar-refractivity contribution in [3.63, 3.8) is 0 Å². The molecule has 0 fully saturated rings. The number of hydrogen-bond acceptors (Lipinski definition) is 5. The summed E-state index contributed by atoms with van der Waals surface area (Å²) in [5.41, 5.74) is 0.763. The maximum atomic E-state index is 4.02. The summed E-state index contributed by atoms with van der Waals surface area (Å²) in [4.78, 5) is 0. The van der Waals surface area contributed by atoms with Gasteiger partial charge in [-0.2, -0.15) is 9.59 Å². The fourth-order valence-electron chi connectivity index (χ4n) is 0.598. The standard InChI is InChI=1S/C4H3N5S/c1-2-10-7-3(1)4-5-8-9-6-4/h1-2H,(H,5,6,8,9). The number of nitrogens with zero attached hydrogens (tertiary/aromatic N) is 4. The van der Waals surface area contributed by atoms with Crippen LogP contribution in [0.3, 0.4) is 0 Å². The van der Waals surface area contributed by atoms with Crippen molar-refractivity contribution in [1.29, 1.82) is 0 Å². The molecule has 0 unspecified atom stereocenters. The molecule has 0 amide bonds. The molecule has 0 atom stereocenters. The van der Waals surface area contributed by atoms with Crippen molar-refractivity contribution in [1.82, 2.24) is 25.0 Å². The lowest BCUT2D eigenvalue weighted by atomic mass is 10.4. The normalized spacial score (nSPS) is 10.0. The number of aromatic amines is 1. The van der Waals surface area contributed by atoms with Gasteiger partial charge >= 0.3 is 0 Å². The topological polar surface area (TPSA) is 67.3 Å². The molecule has 2 aromatic heterocycles. The van der Waals surface area contributed by atoms with Gasteiger partial charge in [-0.15, -0.1) is 10.2 Å². The molecular formula is C4H3N5S. The molecule has 0 aliphatic heterocycles. The minimum absolute atomic E-state index is 0.543. The molecule has 0 spiro atoms. The zero-order valence-electron chi connectivity index (χ0n) is 4.85. The molecule has 0 aliphatic rings. The van der Waals surface area contributed by atoms with E-state index < -0.39 is 0 Å². The fraction of sp³-hybridized carbons (Fsp3) is 0. The maximum absolute atomic E-state index is 4.02. The molecule has 2 rings (SSSR count). The van der Waals surface area contributed by atoms with Crippen molar-refractivity contribution >= 4 is 11.5 Å². The van der Waals surface area contributed by atoms with E-state index in [9.17, 15) is 0 Å². The van der Waals surface area contributed by atoms with E-state index in [-0.39, 0.29) is 0 Å². The van der Waals surface area contributed by atoms with Gasteiger partial charge in [-0.25, -0.2) is 0 Å². The van der Waals surface area contributed by atoms with E-state index in [1.165, 1.54) is 11.5 Å². The van der Waals surface area contributed by atoms with E-state index in [2.05, 4.69) is 25.0 Å². The third-order valence-electron chi connectivity index (χ3n) is 1.01. The lowest BCUT2D eigenvalue weighted by Crippen LogP contribution is -1.77. The highest BCUT2D eigenvalue weighted by Crippen LogP contribution is 2.10. The van der Waals surface area contributed by atoms with Gasteiger partial charge in [-0.3, -0.25) is 0 Å². The molecule has 0 bridgehead atoms. The van der Waals surface area contributed by atoms with Crippen LogP contribution in [0.5, 0.6) is 0 Å². The Hall–Kier alpha value is -1.30. The SMILES string of the molecule is c1cc(-c2nn[nH]n2)ns1. The van der Waals surface area contributed by atoms with Crippen molar-refractivity contribution in [3.8, 4) is 11.5 Å².